The Labute approximate surface area is 209 Å². The quantitative estimate of drug-likeness (QED) is 0.349. The second kappa shape index (κ2) is 8.61. The number of alkyl halides is 3. The van der Waals surface area contributed by atoms with Crippen molar-refractivity contribution in [3.05, 3.63) is 56.0 Å². The number of fused-ring (bicyclic) bond motifs is 2. The van der Waals surface area contributed by atoms with E-state index in [2.05, 4.69) is 22.3 Å². The summed E-state index contributed by atoms with van der Waals surface area (Å²) in [5.41, 5.74) is 4.81. The van der Waals surface area contributed by atoms with Gasteiger partial charge in [0, 0.05) is 4.88 Å². The summed E-state index contributed by atoms with van der Waals surface area (Å²) in [6.07, 6.45) is -2.50. The second-order valence-electron chi connectivity index (χ2n) is 8.27. The number of carbonyl (C=O) groups is 2. The minimum absolute atomic E-state index is 0.0599. The molecule has 182 valence electrons. The van der Waals surface area contributed by atoms with Gasteiger partial charge >= 0.3 is 6.18 Å². The highest BCUT2D eigenvalue weighted by molar-refractivity contribution is 7.17. The van der Waals surface area contributed by atoms with Crippen LogP contribution in [0, 0.1) is 5.92 Å². The Morgan fingerprint density at radius 1 is 1.34 bits per heavy atom. The molecule has 35 heavy (non-hydrogen) atoms. The van der Waals surface area contributed by atoms with Gasteiger partial charge in [-0.1, -0.05) is 24.6 Å². The highest BCUT2D eigenvalue weighted by Gasteiger charge is 2.37. The SMILES string of the molecule is C[C@H]1CCc2c(sc(NC(=O)c3nn4c(C(F)(F)F)cc(-c5cccs5)nc4c3Cl)c2C(N)=O)C1. The summed E-state index contributed by atoms with van der Waals surface area (Å²) in [4.78, 5) is 31.0. The summed E-state index contributed by atoms with van der Waals surface area (Å²) in [5, 5.41) is 8.06. The normalized spacial score (nSPS) is 15.9. The molecule has 0 aliphatic heterocycles. The maximum Gasteiger partial charge on any atom is 0.433 e. The lowest BCUT2D eigenvalue weighted by Crippen LogP contribution is -2.20. The minimum Gasteiger partial charge on any atom is -0.365 e. The van der Waals surface area contributed by atoms with Crippen molar-refractivity contribution >= 4 is 56.7 Å². The molecule has 3 N–H and O–H groups in total. The fourth-order valence-corrected chi connectivity index (χ4v) is 6.49. The number of hydrogen-bond donors (Lipinski definition) is 2. The summed E-state index contributed by atoms with van der Waals surface area (Å²) >= 11 is 8.79. The van der Waals surface area contributed by atoms with Crippen molar-refractivity contribution in [3.63, 3.8) is 0 Å². The molecular weight excluding hydrogens is 523 g/mol. The maximum atomic E-state index is 13.9. The van der Waals surface area contributed by atoms with Gasteiger partial charge in [-0.25, -0.2) is 9.50 Å². The molecule has 4 aromatic heterocycles. The largest absolute Gasteiger partial charge is 0.433 e. The van der Waals surface area contributed by atoms with E-state index in [1.165, 1.54) is 22.7 Å². The van der Waals surface area contributed by atoms with Crippen LogP contribution in [0.3, 0.4) is 0 Å². The molecule has 0 spiro atoms. The van der Waals surface area contributed by atoms with Crippen molar-refractivity contribution in [1.29, 1.82) is 0 Å². The first kappa shape index (κ1) is 23.8. The maximum absolute atomic E-state index is 13.9. The van der Waals surface area contributed by atoms with Crippen LogP contribution in [0.2, 0.25) is 5.02 Å². The molecule has 0 bridgehead atoms. The van der Waals surface area contributed by atoms with E-state index in [1.807, 2.05) is 0 Å². The third-order valence-corrected chi connectivity index (χ3v) is 8.21. The molecule has 2 amide bonds. The molecule has 4 heterocycles. The van der Waals surface area contributed by atoms with E-state index in [0.29, 0.717) is 21.7 Å². The number of nitrogens with zero attached hydrogens (tertiary/aromatic N) is 3. The topological polar surface area (TPSA) is 102 Å². The molecule has 1 atom stereocenters. The number of halogens is 4. The number of amides is 2. The highest BCUT2D eigenvalue weighted by Crippen LogP contribution is 2.40. The summed E-state index contributed by atoms with van der Waals surface area (Å²) in [5.74, 6) is -1.13. The first-order valence-corrected chi connectivity index (χ1v) is 12.6. The van der Waals surface area contributed by atoms with Crippen LogP contribution >= 0.6 is 34.3 Å². The smallest absolute Gasteiger partial charge is 0.365 e. The van der Waals surface area contributed by atoms with Crippen molar-refractivity contribution in [2.45, 2.75) is 32.4 Å². The van der Waals surface area contributed by atoms with Gasteiger partial charge in [0.05, 0.1) is 16.1 Å². The number of rotatable bonds is 4. The average molecular weight is 540 g/mol. The molecular formula is C22H17ClF3N5O2S2. The van der Waals surface area contributed by atoms with Crippen molar-refractivity contribution in [2.75, 3.05) is 5.32 Å². The number of primary amides is 1. The number of nitrogens with two attached hydrogens (primary N) is 1. The lowest BCUT2D eigenvalue weighted by atomic mass is 9.88. The van der Waals surface area contributed by atoms with Gasteiger partial charge in [-0.3, -0.25) is 9.59 Å². The van der Waals surface area contributed by atoms with Crippen molar-refractivity contribution in [2.24, 2.45) is 11.7 Å². The number of carbonyl (C=O) groups excluding carboxylic acids is 2. The van der Waals surface area contributed by atoms with Crippen LogP contribution < -0.4 is 11.1 Å². The molecule has 0 saturated heterocycles. The van der Waals surface area contributed by atoms with Crippen LogP contribution in [-0.2, 0) is 19.0 Å². The molecule has 0 saturated carbocycles. The Bertz CT molecular complexity index is 1480. The van der Waals surface area contributed by atoms with Gasteiger partial charge in [0.2, 0.25) is 0 Å². The standard InChI is InChI=1S/C22H17ClF3N5O2S2/c1-9-4-5-10-13(7-9)35-21(15(10)18(27)32)29-20(33)17-16(23)19-28-11(12-3-2-6-34-12)8-14(22(24,25)26)31(19)30-17/h2-3,6,8-9H,4-5,7H2,1H3,(H2,27,32)(H,29,33)/t9-/m0/s1. The predicted molar refractivity (Wildman–Crippen MR) is 128 cm³/mol. The lowest BCUT2D eigenvalue weighted by Gasteiger charge is -2.18. The molecule has 0 unspecified atom stereocenters. The molecule has 0 fully saturated rings. The summed E-state index contributed by atoms with van der Waals surface area (Å²) in [6.45, 7) is 2.09. The van der Waals surface area contributed by atoms with Gasteiger partial charge in [-0.05, 0) is 48.3 Å². The first-order chi connectivity index (χ1) is 16.5. The molecule has 0 radical (unpaired) electrons. The Balaban J connectivity index is 1.59. The van der Waals surface area contributed by atoms with Crippen molar-refractivity contribution in [1.82, 2.24) is 14.6 Å². The third kappa shape index (κ3) is 4.19. The zero-order chi connectivity index (χ0) is 25.1. The minimum atomic E-state index is -4.78. The summed E-state index contributed by atoms with van der Waals surface area (Å²) in [6, 6.07) is 4.18. The Morgan fingerprint density at radius 3 is 2.77 bits per heavy atom. The number of hydrogen-bond acceptors (Lipinski definition) is 6. The fourth-order valence-electron chi connectivity index (χ4n) is 4.15. The Kier molecular flexibility index (Phi) is 5.85. The monoisotopic (exact) mass is 539 g/mol. The highest BCUT2D eigenvalue weighted by atomic mass is 35.5. The van der Waals surface area contributed by atoms with Crippen LogP contribution in [0.4, 0.5) is 18.2 Å². The molecule has 7 nitrogen and oxygen atoms in total. The van der Waals surface area contributed by atoms with Crippen molar-refractivity contribution < 1.29 is 22.8 Å². The number of nitrogens with one attached hydrogen (secondary N) is 1. The third-order valence-electron chi connectivity index (χ3n) is 5.80. The second-order valence-corrected chi connectivity index (χ2v) is 10.7. The lowest BCUT2D eigenvalue weighted by molar-refractivity contribution is -0.142. The molecule has 4 aromatic rings. The van der Waals surface area contributed by atoms with E-state index >= 15 is 0 Å². The zero-order valence-corrected chi connectivity index (χ0v) is 20.5. The summed E-state index contributed by atoms with van der Waals surface area (Å²) < 4.78 is 42.1. The van der Waals surface area contributed by atoms with Crippen LogP contribution in [-0.4, -0.2) is 26.4 Å². The van der Waals surface area contributed by atoms with Gasteiger partial charge < -0.3 is 11.1 Å². The van der Waals surface area contributed by atoms with Crippen LogP contribution in [0.1, 0.15) is 50.3 Å². The van der Waals surface area contributed by atoms with E-state index in [9.17, 15) is 22.8 Å². The number of anilines is 1. The van der Waals surface area contributed by atoms with Gasteiger partial charge in [0.25, 0.3) is 11.8 Å². The van der Waals surface area contributed by atoms with Crippen LogP contribution in [0.25, 0.3) is 16.2 Å². The average Bonchev–Trinajstić information content (AvgIpc) is 3.50. The fraction of sp³-hybridized carbons (Fsp3) is 0.273. The van der Waals surface area contributed by atoms with Gasteiger partial charge in [-0.15, -0.1) is 22.7 Å². The summed E-state index contributed by atoms with van der Waals surface area (Å²) in [7, 11) is 0. The first-order valence-electron chi connectivity index (χ1n) is 10.5. The van der Waals surface area contributed by atoms with Crippen molar-refractivity contribution in [3.8, 4) is 10.6 Å². The Morgan fingerprint density at radius 2 is 2.11 bits per heavy atom. The van der Waals surface area contributed by atoms with E-state index in [0.717, 1.165) is 29.3 Å². The Hall–Kier alpha value is -2.96. The molecule has 1 aliphatic rings. The molecule has 0 aromatic carbocycles. The number of aromatic nitrogens is 3. The van der Waals surface area contributed by atoms with Crippen LogP contribution in [0.15, 0.2) is 23.6 Å². The zero-order valence-electron chi connectivity index (χ0n) is 18.1. The van der Waals surface area contributed by atoms with E-state index in [4.69, 9.17) is 17.3 Å². The molecule has 5 rings (SSSR count). The van der Waals surface area contributed by atoms with Gasteiger partial charge in [-0.2, -0.15) is 18.3 Å². The van der Waals surface area contributed by atoms with Gasteiger partial charge in [0.15, 0.2) is 17.0 Å². The van der Waals surface area contributed by atoms with Gasteiger partial charge in [0.1, 0.15) is 10.0 Å². The van der Waals surface area contributed by atoms with E-state index < -0.39 is 29.4 Å². The van der Waals surface area contributed by atoms with E-state index in [-0.39, 0.29) is 26.9 Å². The molecule has 13 heteroatoms. The molecule has 1 aliphatic carbocycles. The van der Waals surface area contributed by atoms with Crippen LogP contribution in [0.5, 0.6) is 0 Å². The van der Waals surface area contributed by atoms with E-state index in [1.54, 1.807) is 17.5 Å². The number of thiophene rings is 2. The predicted octanol–water partition coefficient (Wildman–Crippen LogP) is 5.67.